The Morgan fingerprint density at radius 3 is 2.80 bits per heavy atom. The van der Waals surface area contributed by atoms with Crippen LogP contribution in [0.3, 0.4) is 0 Å². The number of rotatable bonds is 7. The molecule has 110 valence electrons. The third-order valence-electron chi connectivity index (χ3n) is 3.56. The number of hydrogen-bond donors (Lipinski definition) is 1. The highest BCUT2D eigenvalue weighted by atomic mass is 32.1. The molecule has 2 aromatic rings. The van der Waals surface area contributed by atoms with Crippen LogP contribution < -0.4 is 10.6 Å². The maximum atomic E-state index is 11.6. The van der Waals surface area contributed by atoms with Crippen LogP contribution in [0.4, 0.5) is 0 Å². The Labute approximate surface area is 123 Å². The molecule has 0 saturated heterocycles. The lowest BCUT2D eigenvalue weighted by molar-refractivity contribution is 0.285. The van der Waals surface area contributed by atoms with Gasteiger partial charge in [-0.05, 0) is 37.1 Å². The summed E-state index contributed by atoms with van der Waals surface area (Å²) in [6.07, 6.45) is 2.16. The number of nitrogens with two attached hydrogens (primary N) is 1. The molecule has 0 saturated carbocycles. The van der Waals surface area contributed by atoms with Gasteiger partial charge >= 0.3 is 4.87 Å². The summed E-state index contributed by atoms with van der Waals surface area (Å²) < 4.78 is 2.79. The Balaban J connectivity index is 2.07. The van der Waals surface area contributed by atoms with Crippen LogP contribution in [-0.4, -0.2) is 35.6 Å². The summed E-state index contributed by atoms with van der Waals surface area (Å²) >= 11 is 1.32. The molecule has 0 bridgehead atoms. The molecule has 0 aliphatic heterocycles. The fourth-order valence-corrected chi connectivity index (χ4v) is 3.40. The minimum Gasteiger partial charge on any atom is -0.329 e. The number of aryl methyl sites for hydroxylation is 1. The van der Waals surface area contributed by atoms with Crippen molar-refractivity contribution >= 4 is 21.6 Å². The molecule has 5 heteroatoms. The van der Waals surface area contributed by atoms with Crippen LogP contribution in [0.15, 0.2) is 23.0 Å². The number of fused-ring (bicyclic) bond motifs is 1. The molecule has 2 rings (SSSR count). The molecular weight excluding hydrogens is 270 g/mol. The van der Waals surface area contributed by atoms with Gasteiger partial charge < -0.3 is 15.2 Å². The Morgan fingerprint density at radius 1 is 1.30 bits per heavy atom. The van der Waals surface area contributed by atoms with E-state index in [1.54, 1.807) is 4.57 Å². The van der Waals surface area contributed by atoms with Crippen molar-refractivity contribution in [3.63, 3.8) is 0 Å². The summed E-state index contributed by atoms with van der Waals surface area (Å²) in [6, 6.07) is 6.32. The Hall–Kier alpha value is -1.17. The molecule has 20 heavy (non-hydrogen) atoms. The van der Waals surface area contributed by atoms with Crippen molar-refractivity contribution in [1.82, 2.24) is 9.47 Å². The van der Waals surface area contributed by atoms with Gasteiger partial charge in [0.25, 0.3) is 0 Å². The van der Waals surface area contributed by atoms with Gasteiger partial charge in [0.15, 0.2) is 0 Å². The zero-order valence-corrected chi connectivity index (χ0v) is 13.1. The molecule has 0 spiro atoms. The van der Waals surface area contributed by atoms with Crippen LogP contribution in [-0.2, 0) is 13.5 Å². The minimum absolute atomic E-state index is 0.105. The average Bonchev–Trinajstić information content (AvgIpc) is 2.72. The normalized spacial score (nSPS) is 11.6. The van der Waals surface area contributed by atoms with E-state index in [0.29, 0.717) is 6.54 Å². The summed E-state index contributed by atoms with van der Waals surface area (Å²) in [5, 5.41) is 0. The Bertz CT molecular complexity index is 611. The highest BCUT2D eigenvalue weighted by Gasteiger charge is 2.07. The monoisotopic (exact) mass is 293 g/mol. The molecule has 0 amide bonds. The zero-order chi connectivity index (χ0) is 14.5. The van der Waals surface area contributed by atoms with E-state index in [1.165, 1.54) is 16.9 Å². The van der Waals surface area contributed by atoms with Crippen LogP contribution in [0.25, 0.3) is 10.2 Å². The second kappa shape index (κ2) is 7.02. The van der Waals surface area contributed by atoms with E-state index in [1.807, 2.05) is 7.05 Å². The average molecular weight is 293 g/mol. The van der Waals surface area contributed by atoms with Crippen molar-refractivity contribution in [1.29, 1.82) is 0 Å². The Kier molecular flexibility index (Phi) is 5.34. The molecule has 1 aromatic heterocycles. The molecule has 2 N–H and O–H groups in total. The third-order valence-corrected chi connectivity index (χ3v) is 4.55. The molecule has 1 aromatic carbocycles. The van der Waals surface area contributed by atoms with Gasteiger partial charge in [-0.3, -0.25) is 4.79 Å². The van der Waals surface area contributed by atoms with Crippen LogP contribution in [0.1, 0.15) is 18.9 Å². The number of aromatic nitrogens is 1. The Morgan fingerprint density at radius 2 is 2.10 bits per heavy atom. The fourth-order valence-electron chi connectivity index (χ4n) is 2.46. The highest BCUT2D eigenvalue weighted by molar-refractivity contribution is 7.16. The first-order chi connectivity index (χ1) is 9.65. The van der Waals surface area contributed by atoms with E-state index in [-0.39, 0.29) is 4.87 Å². The van der Waals surface area contributed by atoms with Crippen molar-refractivity contribution in [2.24, 2.45) is 12.8 Å². The number of hydrogen-bond acceptors (Lipinski definition) is 4. The maximum Gasteiger partial charge on any atom is 0.307 e. The van der Waals surface area contributed by atoms with Gasteiger partial charge in [0, 0.05) is 26.7 Å². The van der Waals surface area contributed by atoms with E-state index in [2.05, 4.69) is 30.0 Å². The van der Waals surface area contributed by atoms with E-state index >= 15 is 0 Å². The quantitative estimate of drug-likeness (QED) is 0.847. The van der Waals surface area contributed by atoms with Crippen molar-refractivity contribution in [2.75, 3.05) is 26.2 Å². The van der Waals surface area contributed by atoms with Crippen molar-refractivity contribution in [3.05, 3.63) is 33.4 Å². The summed E-state index contributed by atoms with van der Waals surface area (Å²) in [5.74, 6) is 0. The largest absolute Gasteiger partial charge is 0.329 e. The number of benzene rings is 1. The van der Waals surface area contributed by atoms with E-state index in [4.69, 9.17) is 5.73 Å². The maximum absolute atomic E-state index is 11.6. The van der Waals surface area contributed by atoms with Gasteiger partial charge in [-0.2, -0.15) is 0 Å². The van der Waals surface area contributed by atoms with Gasteiger partial charge in [0.1, 0.15) is 0 Å². The topological polar surface area (TPSA) is 51.3 Å². The molecule has 0 aliphatic rings. The van der Waals surface area contributed by atoms with E-state index in [9.17, 15) is 4.79 Å². The lowest BCUT2D eigenvalue weighted by atomic mass is 10.1. The summed E-state index contributed by atoms with van der Waals surface area (Å²) in [7, 11) is 1.82. The summed E-state index contributed by atoms with van der Waals surface area (Å²) in [6.45, 7) is 5.97. The lowest BCUT2D eigenvalue weighted by Gasteiger charge is -2.20. The zero-order valence-electron chi connectivity index (χ0n) is 12.3. The standard InChI is InChI=1S/C15H23N3OS/c1-3-8-18(10-7-16)9-6-12-4-5-13-14(11-12)20-15(19)17(13)2/h4-5,11H,3,6-10,16H2,1-2H3. The van der Waals surface area contributed by atoms with Gasteiger partial charge in [-0.25, -0.2) is 0 Å². The molecule has 1 heterocycles. The molecule has 0 aliphatic carbocycles. The van der Waals surface area contributed by atoms with Crippen molar-refractivity contribution < 1.29 is 0 Å². The highest BCUT2D eigenvalue weighted by Crippen LogP contribution is 2.18. The smallest absolute Gasteiger partial charge is 0.307 e. The molecule has 0 fully saturated rings. The minimum atomic E-state index is 0.105. The fraction of sp³-hybridized carbons (Fsp3) is 0.533. The van der Waals surface area contributed by atoms with Gasteiger partial charge in [-0.1, -0.05) is 24.3 Å². The summed E-state index contributed by atoms with van der Waals surface area (Å²) in [4.78, 5) is 14.2. The van der Waals surface area contributed by atoms with Crippen LogP contribution >= 0.6 is 11.3 Å². The molecular formula is C15H23N3OS. The van der Waals surface area contributed by atoms with Crippen LogP contribution in [0.5, 0.6) is 0 Å². The second-order valence-corrected chi connectivity index (χ2v) is 6.10. The first-order valence-electron chi connectivity index (χ1n) is 7.16. The van der Waals surface area contributed by atoms with Gasteiger partial charge in [-0.15, -0.1) is 0 Å². The number of nitrogens with zero attached hydrogens (tertiary/aromatic N) is 2. The van der Waals surface area contributed by atoms with E-state index in [0.717, 1.165) is 42.7 Å². The van der Waals surface area contributed by atoms with Crippen LogP contribution in [0, 0.1) is 0 Å². The summed E-state index contributed by atoms with van der Waals surface area (Å²) in [5.41, 5.74) is 7.96. The molecule has 0 unspecified atom stereocenters. The predicted octanol–water partition coefficient (Wildman–Crippen LogP) is 1.81. The van der Waals surface area contributed by atoms with Gasteiger partial charge in [0.05, 0.1) is 10.2 Å². The first kappa shape index (κ1) is 15.2. The van der Waals surface area contributed by atoms with Crippen molar-refractivity contribution in [3.8, 4) is 0 Å². The SMILES string of the molecule is CCCN(CCN)CCc1ccc2c(c1)sc(=O)n2C. The number of thiazole rings is 1. The van der Waals surface area contributed by atoms with Gasteiger partial charge in [0.2, 0.25) is 0 Å². The lowest BCUT2D eigenvalue weighted by Crippen LogP contribution is -2.32. The predicted molar refractivity (Wildman–Crippen MR) is 86.6 cm³/mol. The third kappa shape index (κ3) is 3.48. The molecule has 0 radical (unpaired) electrons. The molecule has 0 atom stereocenters. The molecule has 4 nitrogen and oxygen atoms in total. The first-order valence-corrected chi connectivity index (χ1v) is 7.98. The van der Waals surface area contributed by atoms with E-state index < -0.39 is 0 Å². The van der Waals surface area contributed by atoms with Crippen LogP contribution in [0.2, 0.25) is 0 Å². The van der Waals surface area contributed by atoms with Crippen molar-refractivity contribution in [2.45, 2.75) is 19.8 Å². The second-order valence-electron chi connectivity index (χ2n) is 5.11.